The maximum absolute atomic E-state index is 4.37. The summed E-state index contributed by atoms with van der Waals surface area (Å²) >= 11 is 1.87. The molecule has 118 valence electrons. The van der Waals surface area contributed by atoms with Crippen LogP contribution in [0.2, 0.25) is 0 Å². The topological polar surface area (TPSA) is 37.2 Å². The van der Waals surface area contributed by atoms with Gasteiger partial charge in [0.1, 0.15) is 11.6 Å². The number of fused-ring (bicyclic) bond motifs is 1. The van der Waals surface area contributed by atoms with E-state index in [2.05, 4.69) is 49.0 Å². The summed E-state index contributed by atoms with van der Waals surface area (Å²) < 4.78 is 2.31. The maximum Gasteiger partial charge on any atom is 0.147 e. The molecule has 0 bridgehead atoms. The SMILES string of the molecule is CCc1nnc2n1CCN(C1CN(CCc3cccs3)C1)C2. The molecule has 5 nitrogen and oxygen atoms in total. The van der Waals surface area contributed by atoms with E-state index in [1.807, 2.05) is 11.3 Å². The van der Waals surface area contributed by atoms with Crippen molar-refractivity contribution in [1.82, 2.24) is 24.6 Å². The average molecular weight is 317 g/mol. The van der Waals surface area contributed by atoms with E-state index in [1.165, 1.54) is 30.9 Å². The Hall–Kier alpha value is -1.24. The summed E-state index contributed by atoms with van der Waals surface area (Å²) in [5, 5.41) is 10.8. The molecule has 6 heteroatoms. The minimum atomic E-state index is 0.707. The molecule has 0 atom stereocenters. The van der Waals surface area contributed by atoms with Gasteiger partial charge >= 0.3 is 0 Å². The number of nitrogens with zero attached hydrogens (tertiary/aromatic N) is 5. The van der Waals surface area contributed by atoms with E-state index >= 15 is 0 Å². The Morgan fingerprint density at radius 1 is 1.27 bits per heavy atom. The fourth-order valence-corrected chi connectivity index (χ4v) is 4.19. The molecule has 2 aliphatic heterocycles. The quantitative estimate of drug-likeness (QED) is 0.840. The van der Waals surface area contributed by atoms with Gasteiger partial charge in [0.15, 0.2) is 0 Å². The van der Waals surface area contributed by atoms with Crippen LogP contribution in [0.3, 0.4) is 0 Å². The van der Waals surface area contributed by atoms with E-state index in [4.69, 9.17) is 0 Å². The highest BCUT2D eigenvalue weighted by molar-refractivity contribution is 7.09. The van der Waals surface area contributed by atoms with Crippen molar-refractivity contribution in [2.75, 3.05) is 26.2 Å². The fraction of sp³-hybridized carbons (Fsp3) is 0.625. The second-order valence-electron chi connectivity index (χ2n) is 6.25. The maximum atomic E-state index is 4.37. The summed E-state index contributed by atoms with van der Waals surface area (Å²) in [5.74, 6) is 2.29. The molecule has 2 aromatic heterocycles. The molecule has 0 aromatic carbocycles. The van der Waals surface area contributed by atoms with Crippen LogP contribution in [-0.2, 0) is 25.9 Å². The van der Waals surface area contributed by atoms with Gasteiger partial charge in [0.25, 0.3) is 0 Å². The lowest BCUT2D eigenvalue weighted by atomic mass is 10.1. The molecule has 4 heterocycles. The summed E-state index contributed by atoms with van der Waals surface area (Å²) in [5.41, 5.74) is 0. The van der Waals surface area contributed by atoms with Gasteiger partial charge in [0.2, 0.25) is 0 Å². The molecule has 0 aliphatic carbocycles. The lowest BCUT2D eigenvalue weighted by Gasteiger charge is -2.46. The predicted octanol–water partition coefficient (Wildman–Crippen LogP) is 1.64. The van der Waals surface area contributed by atoms with Crippen LogP contribution in [0.4, 0.5) is 0 Å². The smallest absolute Gasteiger partial charge is 0.147 e. The zero-order valence-corrected chi connectivity index (χ0v) is 13.9. The number of hydrogen-bond donors (Lipinski definition) is 0. The van der Waals surface area contributed by atoms with Gasteiger partial charge in [-0.15, -0.1) is 21.5 Å². The van der Waals surface area contributed by atoms with Gasteiger partial charge in [0.05, 0.1) is 6.54 Å². The van der Waals surface area contributed by atoms with Crippen LogP contribution >= 0.6 is 11.3 Å². The molecular formula is C16H23N5S. The van der Waals surface area contributed by atoms with E-state index in [0.717, 1.165) is 37.7 Å². The first-order chi connectivity index (χ1) is 10.8. The lowest BCUT2D eigenvalue weighted by molar-refractivity contribution is 0.0184. The number of rotatable bonds is 5. The molecule has 22 heavy (non-hydrogen) atoms. The lowest BCUT2D eigenvalue weighted by Crippen LogP contribution is -2.60. The molecule has 2 aliphatic rings. The molecular weight excluding hydrogens is 294 g/mol. The molecule has 0 radical (unpaired) electrons. The van der Waals surface area contributed by atoms with Gasteiger partial charge in [-0.2, -0.15) is 0 Å². The highest BCUT2D eigenvalue weighted by atomic mass is 32.1. The number of aryl methyl sites for hydroxylation is 1. The van der Waals surface area contributed by atoms with Crippen LogP contribution in [0, 0.1) is 0 Å². The fourth-order valence-electron chi connectivity index (χ4n) is 3.49. The van der Waals surface area contributed by atoms with Gasteiger partial charge in [-0.05, 0) is 17.9 Å². The van der Waals surface area contributed by atoms with Gasteiger partial charge in [-0.1, -0.05) is 13.0 Å². The van der Waals surface area contributed by atoms with Crippen molar-refractivity contribution >= 4 is 11.3 Å². The highest BCUT2D eigenvalue weighted by Crippen LogP contribution is 2.21. The van der Waals surface area contributed by atoms with Gasteiger partial charge in [-0.3, -0.25) is 9.80 Å². The predicted molar refractivity (Wildman–Crippen MR) is 88.1 cm³/mol. The van der Waals surface area contributed by atoms with Crippen molar-refractivity contribution < 1.29 is 0 Å². The van der Waals surface area contributed by atoms with Crippen LogP contribution < -0.4 is 0 Å². The standard InChI is InChI=1S/C16H23N5S/c1-2-15-17-18-16-12-20(7-8-21(15)16)13-10-19(11-13)6-5-14-4-3-9-22-14/h3-4,9,13H,2,5-8,10-12H2,1H3. The first-order valence-electron chi connectivity index (χ1n) is 8.23. The summed E-state index contributed by atoms with van der Waals surface area (Å²) in [6.45, 7) is 8.93. The average Bonchev–Trinajstić information content (AvgIpc) is 3.14. The third kappa shape index (κ3) is 2.71. The molecule has 0 spiro atoms. The zero-order chi connectivity index (χ0) is 14.9. The van der Waals surface area contributed by atoms with Crippen molar-refractivity contribution in [3.8, 4) is 0 Å². The van der Waals surface area contributed by atoms with E-state index in [9.17, 15) is 0 Å². The molecule has 1 fully saturated rings. The minimum absolute atomic E-state index is 0.707. The third-order valence-corrected chi connectivity index (χ3v) is 5.82. The van der Waals surface area contributed by atoms with E-state index in [0.29, 0.717) is 6.04 Å². The van der Waals surface area contributed by atoms with Gasteiger partial charge in [0, 0.05) is 50.1 Å². The van der Waals surface area contributed by atoms with Crippen molar-refractivity contribution in [2.45, 2.75) is 38.9 Å². The second-order valence-corrected chi connectivity index (χ2v) is 7.28. The Morgan fingerprint density at radius 2 is 2.18 bits per heavy atom. The summed E-state index contributed by atoms with van der Waals surface area (Å²) in [6.07, 6.45) is 2.17. The Labute approximate surface area is 135 Å². The highest BCUT2D eigenvalue weighted by Gasteiger charge is 2.34. The van der Waals surface area contributed by atoms with Crippen molar-refractivity contribution in [3.63, 3.8) is 0 Å². The van der Waals surface area contributed by atoms with Crippen molar-refractivity contribution in [3.05, 3.63) is 34.0 Å². The molecule has 1 saturated heterocycles. The monoisotopic (exact) mass is 317 g/mol. The van der Waals surface area contributed by atoms with Crippen molar-refractivity contribution in [1.29, 1.82) is 0 Å². The molecule has 0 amide bonds. The number of thiophene rings is 1. The molecule has 0 unspecified atom stereocenters. The Bertz CT molecular complexity index is 615. The van der Waals surface area contributed by atoms with E-state index in [-0.39, 0.29) is 0 Å². The summed E-state index contributed by atoms with van der Waals surface area (Å²) in [7, 11) is 0. The van der Waals surface area contributed by atoms with Crippen molar-refractivity contribution in [2.24, 2.45) is 0 Å². The number of hydrogen-bond acceptors (Lipinski definition) is 5. The summed E-state index contributed by atoms with van der Waals surface area (Å²) in [6, 6.07) is 5.09. The van der Waals surface area contributed by atoms with E-state index < -0.39 is 0 Å². The van der Waals surface area contributed by atoms with Crippen LogP contribution in [0.1, 0.15) is 23.4 Å². The minimum Gasteiger partial charge on any atom is -0.313 e. The Morgan fingerprint density at radius 3 is 2.95 bits per heavy atom. The third-order valence-electron chi connectivity index (χ3n) is 4.88. The molecule has 2 aromatic rings. The molecule has 4 rings (SSSR count). The Balaban J connectivity index is 1.27. The number of aromatic nitrogens is 3. The van der Waals surface area contributed by atoms with Crippen LogP contribution in [0.5, 0.6) is 0 Å². The summed E-state index contributed by atoms with van der Waals surface area (Å²) in [4.78, 5) is 6.66. The zero-order valence-electron chi connectivity index (χ0n) is 13.1. The largest absolute Gasteiger partial charge is 0.313 e. The molecule has 0 saturated carbocycles. The van der Waals surface area contributed by atoms with Gasteiger partial charge in [-0.25, -0.2) is 0 Å². The first-order valence-corrected chi connectivity index (χ1v) is 9.11. The normalized spacial score (nSPS) is 20.0. The molecule has 0 N–H and O–H groups in total. The first kappa shape index (κ1) is 14.4. The van der Waals surface area contributed by atoms with Crippen LogP contribution in [0.15, 0.2) is 17.5 Å². The number of likely N-dealkylation sites (tertiary alicyclic amines) is 1. The van der Waals surface area contributed by atoms with Gasteiger partial charge < -0.3 is 4.57 Å². The van der Waals surface area contributed by atoms with E-state index in [1.54, 1.807) is 0 Å². The van der Waals surface area contributed by atoms with Crippen LogP contribution in [0.25, 0.3) is 0 Å². The second kappa shape index (κ2) is 6.10. The van der Waals surface area contributed by atoms with Crippen LogP contribution in [-0.4, -0.2) is 56.8 Å². The Kier molecular flexibility index (Phi) is 3.98.